The number of benzene rings is 2. The third-order valence-corrected chi connectivity index (χ3v) is 3.78. The first-order valence-corrected chi connectivity index (χ1v) is 8.05. The highest BCUT2D eigenvalue weighted by Gasteiger charge is 2.26. The molecule has 6 heteroatoms. The highest BCUT2D eigenvalue weighted by molar-refractivity contribution is 5.80. The van der Waals surface area contributed by atoms with Crippen LogP contribution in [0, 0.1) is 0 Å². The van der Waals surface area contributed by atoms with Gasteiger partial charge in [0.05, 0.1) is 6.04 Å². The molecule has 2 rings (SSSR count). The van der Waals surface area contributed by atoms with E-state index in [1.165, 1.54) is 0 Å². The monoisotopic (exact) mass is 342 g/mol. The molecule has 0 saturated heterocycles. The molecule has 1 unspecified atom stereocenters. The fraction of sp³-hybridized carbons (Fsp3) is 0.263. The fourth-order valence-electron chi connectivity index (χ4n) is 2.39. The van der Waals surface area contributed by atoms with Crippen molar-refractivity contribution in [2.45, 2.75) is 31.6 Å². The number of alkyl carbamates (subject to hydrolysis) is 1. The van der Waals surface area contributed by atoms with E-state index in [4.69, 9.17) is 10.5 Å². The molecule has 2 aromatic carbocycles. The zero-order chi connectivity index (χ0) is 18.1. The van der Waals surface area contributed by atoms with Gasteiger partial charge in [-0.1, -0.05) is 60.7 Å². The number of carbonyl (C=O) groups is 2. The van der Waals surface area contributed by atoms with Crippen LogP contribution < -0.4 is 11.1 Å². The number of nitrogens with one attached hydrogen (secondary N) is 1. The summed E-state index contributed by atoms with van der Waals surface area (Å²) in [6, 6.07) is 18.0. The molecule has 0 aliphatic heterocycles. The standard InChI is InChI=1S/C19H22N2O4/c20-18(23)17(22)16(12-11-14-7-3-1-4-8-14)21-19(24)25-13-15-9-5-2-6-10-15/h1-10,16-17,22H,11-13H2,(H2,20,23)(H,21,24)/t16-,17?/m0/s1. The predicted molar refractivity (Wildman–Crippen MR) is 93.5 cm³/mol. The number of rotatable bonds is 8. The van der Waals surface area contributed by atoms with Gasteiger partial charge >= 0.3 is 6.09 Å². The molecule has 25 heavy (non-hydrogen) atoms. The summed E-state index contributed by atoms with van der Waals surface area (Å²) in [5, 5.41) is 12.5. The fourth-order valence-corrected chi connectivity index (χ4v) is 2.39. The Bertz CT molecular complexity index is 676. The molecule has 0 radical (unpaired) electrons. The van der Waals surface area contributed by atoms with Crippen LogP contribution >= 0.6 is 0 Å². The molecule has 2 atom stereocenters. The Morgan fingerprint density at radius 3 is 2.12 bits per heavy atom. The number of hydrogen-bond acceptors (Lipinski definition) is 4. The molecule has 0 saturated carbocycles. The predicted octanol–water partition coefficient (Wildman–Crippen LogP) is 1.76. The Morgan fingerprint density at radius 1 is 1.00 bits per heavy atom. The van der Waals surface area contributed by atoms with Crippen molar-refractivity contribution in [1.82, 2.24) is 5.32 Å². The first-order valence-electron chi connectivity index (χ1n) is 8.05. The van der Waals surface area contributed by atoms with Gasteiger partial charge in [-0.25, -0.2) is 4.79 Å². The first-order chi connectivity index (χ1) is 12.1. The van der Waals surface area contributed by atoms with E-state index in [1.807, 2.05) is 60.7 Å². The molecule has 0 aliphatic carbocycles. The van der Waals surface area contributed by atoms with Crippen molar-refractivity contribution < 1.29 is 19.4 Å². The van der Waals surface area contributed by atoms with E-state index >= 15 is 0 Å². The average molecular weight is 342 g/mol. The molecule has 4 N–H and O–H groups in total. The van der Waals surface area contributed by atoms with Crippen molar-refractivity contribution in [3.63, 3.8) is 0 Å². The van der Waals surface area contributed by atoms with Crippen LogP contribution in [0.15, 0.2) is 60.7 Å². The lowest BCUT2D eigenvalue weighted by Gasteiger charge is -2.22. The van der Waals surface area contributed by atoms with E-state index in [2.05, 4.69) is 5.32 Å². The van der Waals surface area contributed by atoms with Crippen LogP contribution in [0.4, 0.5) is 4.79 Å². The van der Waals surface area contributed by atoms with Crippen LogP contribution in [-0.2, 0) is 22.6 Å². The van der Waals surface area contributed by atoms with Gasteiger partial charge in [0.15, 0.2) is 6.10 Å². The maximum atomic E-state index is 12.0. The van der Waals surface area contributed by atoms with Crippen LogP contribution in [0.5, 0.6) is 0 Å². The largest absolute Gasteiger partial charge is 0.445 e. The van der Waals surface area contributed by atoms with Crippen molar-refractivity contribution in [3.05, 3.63) is 71.8 Å². The number of nitrogens with two attached hydrogens (primary N) is 1. The van der Waals surface area contributed by atoms with E-state index in [0.29, 0.717) is 12.8 Å². The normalized spacial score (nSPS) is 12.8. The third-order valence-electron chi connectivity index (χ3n) is 3.78. The molecule has 0 bridgehead atoms. The number of ether oxygens (including phenoxy) is 1. The summed E-state index contributed by atoms with van der Waals surface area (Å²) < 4.78 is 5.13. The van der Waals surface area contributed by atoms with Gasteiger partial charge < -0.3 is 20.9 Å². The van der Waals surface area contributed by atoms with Crippen molar-refractivity contribution in [1.29, 1.82) is 0 Å². The molecular formula is C19H22N2O4. The molecule has 0 aromatic heterocycles. The average Bonchev–Trinajstić information content (AvgIpc) is 2.64. The highest BCUT2D eigenvalue weighted by Crippen LogP contribution is 2.09. The summed E-state index contributed by atoms with van der Waals surface area (Å²) in [5.41, 5.74) is 7.04. The summed E-state index contributed by atoms with van der Waals surface area (Å²) in [6.45, 7) is 0.102. The minimum Gasteiger partial charge on any atom is -0.445 e. The van der Waals surface area contributed by atoms with E-state index in [1.54, 1.807) is 0 Å². The summed E-state index contributed by atoms with van der Waals surface area (Å²) in [5.74, 6) is -0.888. The summed E-state index contributed by atoms with van der Waals surface area (Å²) in [7, 11) is 0. The molecular weight excluding hydrogens is 320 g/mol. The Hall–Kier alpha value is -2.86. The number of primary amides is 1. The lowest BCUT2D eigenvalue weighted by atomic mass is 10.0. The molecule has 2 amide bonds. The second-order valence-electron chi connectivity index (χ2n) is 5.68. The lowest BCUT2D eigenvalue weighted by Crippen LogP contribution is -2.49. The van der Waals surface area contributed by atoms with Gasteiger partial charge in [0.1, 0.15) is 6.61 Å². The molecule has 132 valence electrons. The Balaban J connectivity index is 1.90. The van der Waals surface area contributed by atoms with Crippen molar-refractivity contribution in [3.8, 4) is 0 Å². The van der Waals surface area contributed by atoms with Gasteiger partial charge in [0, 0.05) is 0 Å². The Kier molecular flexibility index (Phi) is 6.98. The number of aliphatic hydroxyl groups excluding tert-OH is 1. The number of amides is 2. The second-order valence-corrected chi connectivity index (χ2v) is 5.68. The van der Waals surface area contributed by atoms with Crippen LogP contribution in [0.25, 0.3) is 0 Å². The van der Waals surface area contributed by atoms with Crippen molar-refractivity contribution >= 4 is 12.0 Å². The maximum absolute atomic E-state index is 12.0. The molecule has 0 spiro atoms. The zero-order valence-electron chi connectivity index (χ0n) is 13.8. The van der Waals surface area contributed by atoms with Gasteiger partial charge in [-0.2, -0.15) is 0 Å². The quantitative estimate of drug-likeness (QED) is 0.680. The van der Waals surface area contributed by atoms with Crippen LogP contribution in [0.2, 0.25) is 0 Å². The minimum atomic E-state index is -1.48. The van der Waals surface area contributed by atoms with Crippen LogP contribution in [-0.4, -0.2) is 29.3 Å². The SMILES string of the molecule is NC(=O)C(O)[C@H](CCc1ccccc1)NC(=O)OCc1ccccc1. The summed E-state index contributed by atoms with van der Waals surface area (Å²) in [6.07, 6.45) is -1.25. The minimum absolute atomic E-state index is 0.102. The van der Waals surface area contributed by atoms with E-state index in [9.17, 15) is 14.7 Å². The van der Waals surface area contributed by atoms with Crippen LogP contribution in [0.1, 0.15) is 17.5 Å². The van der Waals surface area contributed by atoms with Gasteiger partial charge in [-0.15, -0.1) is 0 Å². The number of aliphatic hydroxyl groups is 1. The van der Waals surface area contributed by atoms with Crippen molar-refractivity contribution in [2.24, 2.45) is 5.73 Å². The zero-order valence-corrected chi connectivity index (χ0v) is 13.8. The second kappa shape index (κ2) is 9.44. The third kappa shape index (κ3) is 6.27. The van der Waals surface area contributed by atoms with E-state index < -0.39 is 24.1 Å². The van der Waals surface area contributed by atoms with Gasteiger partial charge in [0.2, 0.25) is 5.91 Å². The molecule has 0 heterocycles. The van der Waals surface area contributed by atoms with Gasteiger partial charge in [0.25, 0.3) is 0 Å². The lowest BCUT2D eigenvalue weighted by molar-refractivity contribution is -0.127. The molecule has 2 aromatic rings. The molecule has 0 fully saturated rings. The van der Waals surface area contributed by atoms with Crippen molar-refractivity contribution in [2.75, 3.05) is 0 Å². The number of hydrogen-bond donors (Lipinski definition) is 3. The summed E-state index contributed by atoms with van der Waals surface area (Å²) >= 11 is 0. The van der Waals surface area contributed by atoms with E-state index in [0.717, 1.165) is 11.1 Å². The maximum Gasteiger partial charge on any atom is 0.407 e. The topological polar surface area (TPSA) is 102 Å². The smallest absolute Gasteiger partial charge is 0.407 e. The molecule has 0 aliphatic rings. The van der Waals surface area contributed by atoms with E-state index in [-0.39, 0.29) is 6.61 Å². The number of carbonyl (C=O) groups excluding carboxylic acids is 2. The molecule has 6 nitrogen and oxygen atoms in total. The highest BCUT2D eigenvalue weighted by atomic mass is 16.5. The first kappa shape index (κ1) is 18.5. The number of aryl methyl sites for hydroxylation is 1. The Morgan fingerprint density at radius 2 is 1.56 bits per heavy atom. The Labute approximate surface area is 146 Å². The summed E-state index contributed by atoms with van der Waals surface area (Å²) in [4.78, 5) is 23.3. The van der Waals surface area contributed by atoms with Gasteiger partial charge in [-0.05, 0) is 24.0 Å². The van der Waals surface area contributed by atoms with Crippen LogP contribution in [0.3, 0.4) is 0 Å². The van der Waals surface area contributed by atoms with Gasteiger partial charge in [-0.3, -0.25) is 4.79 Å².